The summed E-state index contributed by atoms with van der Waals surface area (Å²) in [4.78, 5) is 4.16. The first-order valence-electron chi connectivity index (χ1n) is 11.2. The molecule has 4 aromatic carbocycles. The largest absolute Gasteiger partial charge is 0.371 e. The van der Waals surface area contributed by atoms with Gasteiger partial charge >= 0.3 is 0 Å². The van der Waals surface area contributed by atoms with Crippen LogP contribution in [-0.4, -0.2) is 28.1 Å². The lowest BCUT2D eigenvalue weighted by Crippen LogP contribution is -2.17. The van der Waals surface area contributed by atoms with Crippen LogP contribution in [0.25, 0.3) is 39.0 Å². The van der Waals surface area contributed by atoms with E-state index in [1.54, 1.807) is 4.80 Å². The van der Waals surface area contributed by atoms with Crippen molar-refractivity contribution >= 4 is 16.7 Å². The summed E-state index contributed by atoms with van der Waals surface area (Å²) in [7, 11) is 0. The van der Waals surface area contributed by atoms with E-state index in [0.717, 1.165) is 29.8 Å². The molecule has 0 aliphatic carbocycles. The molecule has 4 nitrogen and oxygen atoms in total. The fourth-order valence-electron chi connectivity index (χ4n) is 4.46. The molecule has 0 amide bonds. The number of anilines is 1. The zero-order valence-electron chi connectivity index (χ0n) is 17.9. The summed E-state index contributed by atoms with van der Waals surface area (Å²) in [5, 5.41) is 9.43. The van der Waals surface area contributed by atoms with Crippen LogP contribution in [0.5, 0.6) is 0 Å². The molecule has 4 heteroatoms. The Hall–Kier alpha value is -3.92. The van der Waals surface area contributed by atoms with E-state index in [1.807, 2.05) is 6.07 Å². The molecule has 1 saturated heterocycles. The Balaban J connectivity index is 1.25. The van der Waals surface area contributed by atoms with Gasteiger partial charge in [-0.1, -0.05) is 66.7 Å². The first-order valence-corrected chi connectivity index (χ1v) is 11.2. The van der Waals surface area contributed by atoms with Crippen molar-refractivity contribution in [2.75, 3.05) is 18.0 Å². The van der Waals surface area contributed by atoms with Gasteiger partial charge in [0.1, 0.15) is 11.0 Å². The predicted octanol–water partition coefficient (Wildman–Crippen LogP) is 6.35. The first kappa shape index (κ1) is 18.8. The van der Waals surface area contributed by atoms with Crippen molar-refractivity contribution in [3.05, 3.63) is 97.1 Å². The molecular weight excluding hydrogens is 392 g/mol. The lowest BCUT2D eigenvalue weighted by molar-refractivity contribution is 0.766. The van der Waals surface area contributed by atoms with Crippen LogP contribution in [0.4, 0.5) is 5.69 Å². The van der Waals surface area contributed by atoms with Crippen LogP contribution in [0.3, 0.4) is 0 Å². The first-order chi connectivity index (χ1) is 15.8. The van der Waals surface area contributed by atoms with Gasteiger partial charge in [0, 0.05) is 18.8 Å². The SMILES string of the molecule is c1ccc(-c2ccc(-c3ccc(-n4nc5ccc(N6CCCC6)cc5n4)cc3)cc2)cc1. The molecule has 0 saturated carbocycles. The molecule has 1 aliphatic rings. The van der Waals surface area contributed by atoms with Crippen molar-refractivity contribution in [2.45, 2.75) is 12.8 Å². The summed E-state index contributed by atoms with van der Waals surface area (Å²) in [6.07, 6.45) is 2.54. The zero-order chi connectivity index (χ0) is 21.3. The molecule has 0 atom stereocenters. The van der Waals surface area contributed by atoms with Gasteiger partial charge in [-0.2, -0.15) is 4.80 Å². The third kappa shape index (κ3) is 3.54. The van der Waals surface area contributed by atoms with Gasteiger partial charge in [-0.3, -0.25) is 0 Å². The van der Waals surface area contributed by atoms with E-state index in [2.05, 4.69) is 101 Å². The lowest BCUT2D eigenvalue weighted by atomic mass is 10.0. The molecule has 2 heterocycles. The van der Waals surface area contributed by atoms with E-state index in [9.17, 15) is 0 Å². The van der Waals surface area contributed by atoms with E-state index in [-0.39, 0.29) is 0 Å². The van der Waals surface area contributed by atoms with Gasteiger partial charge in [-0.15, -0.1) is 10.2 Å². The van der Waals surface area contributed by atoms with Crippen molar-refractivity contribution in [1.82, 2.24) is 15.0 Å². The molecule has 5 aromatic rings. The molecule has 6 rings (SSSR count). The van der Waals surface area contributed by atoms with Gasteiger partial charge in [-0.25, -0.2) is 0 Å². The Labute approximate surface area is 187 Å². The minimum atomic E-state index is 0.925. The maximum atomic E-state index is 4.74. The number of fused-ring (bicyclic) bond motifs is 1. The van der Waals surface area contributed by atoms with E-state index in [0.29, 0.717) is 0 Å². The Morgan fingerprint density at radius 1 is 0.500 bits per heavy atom. The quantitative estimate of drug-likeness (QED) is 0.342. The third-order valence-corrected chi connectivity index (χ3v) is 6.26. The summed E-state index contributed by atoms with van der Waals surface area (Å²) in [6, 6.07) is 34.0. The average Bonchev–Trinajstić information content (AvgIpc) is 3.55. The Kier molecular flexibility index (Phi) is 4.69. The fourth-order valence-corrected chi connectivity index (χ4v) is 4.46. The van der Waals surface area contributed by atoms with Crippen LogP contribution in [0.2, 0.25) is 0 Å². The molecule has 32 heavy (non-hydrogen) atoms. The Morgan fingerprint density at radius 3 is 1.69 bits per heavy atom. The summed E-state index contributed by atoms with van der Waals surface area (Å²) in [5.74, 6) is 0. The van der Waals surface area contributed by atoms with Crippen LogP contribution < -0.4 is 4.90 Å². The minimum Gasteiger partial charge on any atom is -0.371 e. The second kappa shape index (κ2) is 7.97. The van der Waals surface area contributed by atoms with Gasteiger partial charge < -0.3 is 4.90 Å². The molecule has 1 aliphatic heterocycles. The predicted molar refractivity (Wildman–Crippen MR) is 131 cm³/mol. The van der Waals surface area contributed by atoms with Crippen LogP contribution in [-0.2, 0) is 0 Å². The van der Waals surface area contributed by atoms with Crippen LogP contribution in [0, 0.1) is 0 Å². The van der Waals surface area contributed by atoms with Crippen molar-refractivity contribution < 1.29 is 0 Å². The number of nitrogens with zero attached hydrogens (tertiary/aromatic N) is 4. The smallest absolute Gasteiger partial charge is 0.115 e. The van der Waals surface area contributed by atoms with Crippen molar-refractivity contribution in [3.8, 4) is 27.9 Å². The number of hydrogen-bond donors (Lipinski definition) is 0. The second-order valence-corrected chi connectivity index (χ2v) is 8.35. The van der Waals surface area contributed by atoms with E-state index in [4.69, 9.17) is 5.10 Å². The fraction of sp³-hybridized carbons (Fsp3) is 0.143. The number of benzene rings is 4. The highest BCUT2D eigenvalue weighted by atomic mass is 15.5. The van der Waals surface area contributed by atoms with Crippen LogP contribution in [0.1, 0.15) is 12.8 Å². The van der Waals surface area contributed by atoms with Gasteiger partial charge in [0.25, 0.3) is 0 Å². The molecular formula is C28H24N4. The van der Waals surface area contributed by atoms with E-state index in [1.165, 1.54) is 40.8 Å². The number of aromatic nitrogens is 3. The second-order valence-electron chi connectivity index (χ2n) is 8.35. The molecule has 0 bridgehead atoms. The number of rotatable bonds is 4. The Bertz CT molecular complexity index is 1350. The number of hydrogen-bond acceptors (Lipinski definition) is 3. The monoisotopic (exact) mass is 416 g/mol. The van der Waals surface area contributed by atoms with Gasteiger partial charge in [0.15, 0.2) is 0 Å². The molecule has 0 N–H and O–H groups in total. The van der Waals surface area contributed by atoms with Crippen molar-refractivity contribution in [1.29, 1.82) is 0 Å². The summed E-state index contributed by atoms with van der Waals surface area (Å²) in [6.45, 7) is 2.26. The topological polar surface area (TPSA) is 34.0 Å². The van der Waals surface area contributed by atoms with Gasteiger partial charge in [0.05, 0.1) is 5.69 Å². The molecule has 156 valence electrons. The summed E-state index contributed by atoms with van der Waals surface area (Å²) in [5.41, 5.74) is 8.92. The summed E-state index contributed by atoms with van der Waals surface area (Å²) >= 11 is 0. The average molecular weight is 417 g/mol. The van der Waals surface area contributed by atoms with E-state index < -0.39 is 0 Å². The molecule has 1 aromatic heterocycles. The summed E-state index contributed by atoms with van der Waals surface area (Å²) < 4.78 is 0. The highest BCUT2D eigenvalue weighted by Gasteiger charge is 2.14. The van der Waals surface area contributed by atoms with Crippen molar-refractivity contribution in [2.24, 2.45) is 0 Å². The normalized spacial score (nSPS) is 13.7. The molecule has 1 fully saturated rings. The van der Waals surface area contributed by atoms with E-state index >= 15 is 0 Å². The van der Waals surface area contributed by atoms with Crippen LogP contribution in [0.15, 0.2) is 97.1 Å². The third-order valence-electron chi connectivity index (χ3n) is 6.26. The van der Waals surface area contributed by atoms with Gasteiger partial charge in [-0.05, 0) is 65.4 Å². The van der Waals surface area contributed by atoms with Crippen molar-refractivity contribution in [3.63, 3.8) is 0 Å². The minimum absolute atomic E-state index is 0.925. The molecule has 0 unspecified atom stereocenters. The Morgan fingerprint density at radius 2 is 1.03 bits per heavy atom. The maximum Gasteiger partial charge on any atom is 0.115 e. The molecule has 0 spiro atoms. The molecule has 0 radical (unpaired) electrons. The van der Waals surface area contributed by atoms with Gasteiger partial charge in [0.2, 0.25) is 0 Å². The lowest BCUT2D eigenvalue weighted by Gasteiger charge is -2.16. The highest BCUT2D eigenvalue weighted by Crippen LogP contribution is 2.27. The highest BCUT2D eigenvalue weighted by molar-refractivity contribution is 5.79. The zero-order valence-corrected chi connectivity index (χ0v) is 17.9. The maximum absolute atomic E-state index is 4.74. The van der Waals surface area contributed by atoms with Crippen LogP contribution >= 0.6 is 0 Å². The standard InChI is InChI=1S/C28H24N4/c1-2-6-21(7-3-1)22-8-10-23(11-9-22)24-12-14-25(15-13-24)32-29-27-17-16-26(20-28(27)30-32)31-18-4-5-19-31/h1-3,6-17,20H,4-5,18-19H2.